The Hall–Kier alpha value is -2.43. The molecular formula is C18H21N5. The zero-order valence-electron chi connectivity index (χ0n) is 13.4. The summed E-state index contributed by atoms with van der Waals surface area (Å²) in [7, 11) is 0. The van der Waals surface area contributed by atoms with Gasteiger partial charge in [-0.2, -0.15) is 0 Å². The molecule has 5 nitrogen and oxygen atoms in total. The molecule has 118 valence electrons. The van der Waals surface area contributed by atoms with Crippen LogP contribution in [0.1, 0.15) is 26.2 Å². The number of nitrogens with one attached hydrogen (secondary N) is 1. The van der Waals surface area contributed by atoms with Gasteiger partial charge in [0.25, 0.3) is 0 Å². The first-order valence-electron chi connectivity index (χ1n) is 8.34. The zero-order valence-corrected chi connectivity index (χ0v) is 13.4. The average Bonchev–Trinajstić information content (AvgIpc) is 3.06. The smallest absolute Gasteiger partial charge is 0.140 e. The Balaban J connectivity index is 1.82. The van der Waals surface area contributed by atoms with Crippen LogP contribution in [0.4, 0.5) is 5.69 Å². The van der Waals surface area contributed by atoms with Crippen LogP contribution in [0.3, 0.4) is 0 Å². The molecule has 1 atom stereocenters. The summed E-state index contributed by atoms with van der Waals surface area (Å²) in [5, 5.41) is 1.17. The number of piperidine rings is 1. The highest BCUT2D eigenvalue weighted by molar-refractivity contribution is 6.01. The maximum Gasteiger partial charge on any atom is 0.140 e. The summed E-state index contributed by atoms with van der Waals surface area (Å²) >= 11 is 0. The van der Waals surface area contributed by atoms with Crippen molar-refractivity contribution >= 4 is 16.7 Å². The summed E-state index contributed by atoms with van der Waals surface area (Å²) in [4.78, 5) is 18.7. The maximum absolute atomic E-state index is 4.50. The van der Waals surface area contributed by atoms with Gasteiger partial charge in [-0.1, -0.05) is 13.3 Å². The van der Waals surface area contributed by atoms with Crippen LogP contribution in [0, 0.1) is 5.92 Å². The first-order valence-corrected chi connectivity index (χ1v) is 8.34. The second kappa shape index (κ2) is 5.99. The molecule has 1 N–H and O–H groups in total. The minimum Gasteiger partial charge on any atom is -0.371 e. The fourth-order valence-electron chi connectivity index (χ4n) is 3.57. The summed E-state index contributed by atoms with van der Waals surface area (Å²) in [6, 6.07) is 4.09. The topological polar surface area (TPSA) is 57.7 Å². The average molecular weight is 307 g/mol. The van der Waals surface area contributed by atoms with E-state index in [2.05, 4.69) is 37.8 Å². The Kier molecular flexibility index (Phi) is 3.69. The number of H-pyrrole nitrogens is 1. The van der Waals surface area contributed by atoms with Crippen molar-refractivity contribution < 1.29 is 0 Å². The Morgan fingerprint density at radius 1 is 1.26 bits per heavy atom. The predicted molar refractivity (Wildman–Crippen MR) is 92.3 cm³/mol. The molecule has 4 rings (SSSR count). The molecule has 0 bridgehead atoms. The lowest BCUT2D eigenvalue weighted by Gasteiger charge is -2.34. The van der Waals surface area contributed by atoms with Gasteiger partial charge in [0.15, 0.2) is 0 Å². The Labute approximate surface area is 135 Å². The van der Waals surface area contributed by atoms with Gasteiger partial charge in [0.2, 0.25) is 0 Å². The number of hydrogen-bond acceptors (Lipinski definition) is 4. The standard InChI is InChI=1S/C18H21N5/c1-2-13-4-3-9-23(11-13)16-6-8-20-18-17(16)14(10-21-18)15-5-7-19-12-22-15/h5-8,10,12-13H,2-4,9,11H2,1H3,(H,20,21)/t13-/m0/s1. The minimum atomic E-state index is 0.786. The largest absolute Gasteiger partial charge is 0.371 e. The zero-order chi connectivity index (χ0) is 15.6. The van der Waals surface area contributed by atoms with Crippen LogP contribution in [0.5, 0.6) is 0 Å². The van der Waals surface area contributed by atoms with E-state index in [1.807, 2.05) is 18.5 Å². The minimum absolute atomic E-state index is 0.786. The number of rotatable bonds is 3. The quantitative estimate of drug-likeness (QED) is 0.802. The second-order valence-electron chi connectivity index (χ2n) is 6.21. The number of aromatic nitrogens is 4. The SMILES string of the molecule is CC[C@H]1CCCN(c2ccnc3[nH]cc(-c4ccncn4)c23)C1. The number of anilines is 1. The van der Waals surface area contributed by atoms with Crippen LogP contribution < -0.4 is 4.90 Å². The summed E-state index contributed by atoms with van der Waals surface area (Å²) in [5.41, 5.74) is 4.23. The number of hydrogen-bond donors (Lipinski definition) is 1. The van der Waals surface area contributed by atoms with Gasteiger partial charge in [-0.15, -0.1) is 0 Å². The summed E-state index contributed by atoms with van der Waals surface area (Å²) in [6.07, 6.45) is 11.1. The molecule has 0 radical (unpaired) electrons. The van der Waals surface area contributed by atoms with Crippen LogP contribution in [0.15, 0.2) is 37.1 Å². The van der Waals surface area contributed by atoms with Crippen molar-refractivity contribution in [3.05, 3.63) is 37.1 Å². The molecule has 0 unspecified atom stereocenters. The van der Waals surface area contributed by atoms with E-state index in [4.69, 9.17) is 0 Å². The third-order valence-corrected chi connectivity index (χ3v) is 4.85. The van der Waals surface area contributed by atoms with Crippen LogP contribution in [-0.4, -0.2) is 33.0 Å². The molecule has 0 aliphatic carbocycles. The van der Waals surface area contributed by atoms with Gasteiger partial charge in [0, 0.05) is 42.9 Å². The Morgan fingerprint density at radius 2 is 2.22 bits per heavy atom. The molecule has 3 aromatic rings. The molecule has 1 aliphatic heterocycles. The van der Waals surface area contributed by atoms with Crippen molar-refractivity contribution in [2.45, 2.75) is 26.2 Å². The highest BCUT2D eigenvalue weighted by Crippen LogP contribution is 2.35. The van der Waals surface area contributed by atoms with Crippen molar-refractivity contribution in [3.63, 3.8) is 0 Å². The van der Waals surface area contributed by atoms with Gasteiger partial charge in [-0.25, -0.2) is 15.0 Å². The number of pyridine rings is 1. The first-order chi connectivity index (χ1) is 11.4. The van der Waals surface area contributed by atoms with Crippen molar-refractivity contribution in [3.8, 4) is 11.3 Å². The molecule has 0 amide bonds. The summed E-state index contributed by atoms with van der Waals surface area (Å²) < 4.78 is 0. The first kappa shape index (κ1) is 14.2. The normalized spacial score (nSPS) is 18.5. The van der Waals surface area contributed by atoms with Crippen LogP contribution in [0.2, 0.25) is 0 Å². The third-order valence-electron chi connectivity index (χ3n) is 4.85. The highest BCUT2D eigenvalue weighted by atomic mass is 15.1. The van der Waals surface area contributed by atoms with Gasteiger partial charge in [0.05, 0.1) is 11.1 Å². The van der Waals surface area contributed by atoms with Gasteiger partial charge in [-0.3, -0.25) is 0 Å². The molecule has 1 saturated heterocycles. The van der Waals surface area contributed by atoms with Crippen LogP contribution in [-0.2, 0) is 0 Å². The molecule has 23 heavy (non-hydrogen) atoms. The number of nitrogens with zero attached hydrogens (tertiary/aromatic N) is 4. The van der Waals surface area contributed by atoms with E-state index in [1.54, 1.807) is 12.5 Å². The summed E-state index contributed by atoms with van der Waals surface area (Å²) in [6.45, 7) is 4.53. The van der Waals surface area contributed by atoms with E-state index < -0.39 is 0 Å². The molecule has 4 heterocycles. The molecule has 0 saturated carbocycles. The van der Waals surface area contributed by atoms with E-state index >= 15 is 0 Å². The van der Waals surface area contributed by atoms with E-state index in [-0.39, 0.29) is 0 Å². The highest BCUT2D eigenvalue weighted by Gasteiger charge is 2.22. The van der Waals surface area contributed by atoms with Gasteiger partial charge in [0.1, 0.15) is 12.0 Å². The van der Waals surface area contributed by atoms with Gasteiger partial charge >= 0.3 is 0 Å². The van der Waals surface area contributed by atoms with E-state index in [9.17, 15) is 0 Å². The fourth-order valence-corrected chi connectivity index (χ4v) is 3.57. The van der Waals surface area contributed by atoms with E-state index in [0.29, 0.717) is 0 Å². The Morgan fingerprint density at radius 3 is 3.04 bits per heavy atom. The predicted octanol–water partition coefficient (Wildman–Crippen LogP) is 3.65. The molecule has 3 aromatic heterocycles. The van der Waals surface area contributed by atoms with Crippen molar-refractivity contribution in [2.75, 3.05) is 18.0 Å². The number of fused-ring (bicyclic) bond motifs is 1. The third kappa shape index (κ3) is 2.56. The Bertz CT molecular complexity index is 796. The molecule has 0 aromatic carbocycles. The van der Waals surface area contributed by atoms with Crippen LogP contribution >= 0.6 is 0 Å². The second-order valence-corrected chi connectivity index (χ2v) is 6.21. The summed E-state index contributed by atoms with van der Waals surface area (Å²) in [5.74, 6) is 0.786. The fraction of sp³-hybridized carbons (Fsp3) is 0.389. The lowest BCUT2D eigenvalue weighted by atomic mass is 9.95. The molecule has 5 heteroatoms. The van der Waals surface area contributed by atoms with Crippen LogP contribution in [0.25, 0.3) is 22.3 Å². The van der Waals surface area contributed by atoms with Crippen molar-refractivity contribution in [2.24, 2.45) is 5.92 Å². The van der Waals surface area contributed by atoms with Gasteiger partial charge < -0.3 is 9.88 Å². The van der Waals surface area contributed by atoms with E-state index in [0.717, 1.165) is 35.9 Å². The van der Waals surface area contributed by atoms with Gasteiger partial charge in [-0.05, 0) is 30.9 Å². The number of aromatic amines is 1. The molecule has 0 spiro atoms. The van der Waals surface area contributed by atoms with Crippen molar-refractivity contribution in [1.82, 2.24) is 19.9 Å². The lowest BCUT2D eigenvalue weighted by Crippen LogP contribution is -2.35. The monoisotopic (exact) mass is 307 g/mol. The lowest BCUT2D eigenvalue weighted by molar-refractivity contribution is 0.405. The molecular weight excluding hydrogens is 286 g/mol. The molecule has 1 aliphatic rings. The van der Waals surface area contributed by atoms with Crippen molar-refractivity contribution in [1.29, 1.82) is 0 Å². The van der Waals surface area contributed by atoms with E-state index in [1.165, 1.54) is 30.3 Å². The maximum atomic E-state index is 4.50. The molecule has 1 fully saturated rings.